The highest BCUT2D eigenvalue weighted by atomic mass is 28.3. The fraction of sp³-hybridized carbons (Fsp3) is 0.250. The van der Waals surface area contributed by atoms with Crippen molar-refractivity contribution in [3.8, 4) is 0 Å². The average molecular weight is 237 g/mol. The molecule has 1 heterocycles. The van der Waals surface area contributed by atoms with Crippen molar-refractivity contribution < 1.29 is 0 Å². The lowest BCUT2D eigenvalue weighted by Crippen LogP contribution is -2.52. The predicted molar refractivity (Wildman–Crippen MR) is 75.9 cm³/mol. The first-order valence-corrected chi connectivity index (χ1v) is 8.15. The zero-order valence-corrected chi connectivity index (χ0v) is 11.6. The molecule has 85 valence electrons. The normalized spacial score (nSPS) is 17.4. The van der Waals surface area contributed by atoms with Crippen LogP contribution in [0.1, 0.15) is 25.0 Å². The highest BCUT2D eigenvalue weighted by molar-refractivity contribution is 6.85. The van der Waals surface area contributed by atoms with Gasteiger partial charge < -0.3 is 0 Å². The van der Waals surface area contributed by atoms with E-state index in [0.717, 1.165) is 0 Å². The molecule has 0 saturated carbocycles. The summed E-state index contributed by atoms with van der Waals surface area (Å²) in [6, 6.07) is 17.9. The van der Waals surface area contributed by atoms with Gasteiger partial charge in [0.25, 0.3) is 0 Å². The number of hydrogen-bond donors (Lipinski definition) is 0. The van der Waals surface area contributed by atoms with Crippen LogP contribution in [0.15, 0.2) is 48.5 Å². The molecule has 0 unspecified atom stereocenters. The van der Waals surface area contributed by atoms with Crippen LogP contribution in [0.2, 0.25) is 6.55 Å². The summed E-state index contributed by atoms with van der Waals surface area (Å²) in [5.41, 5.74) is 3.20. The zero-order valence-electron chi connectivity index (χ0n) is 10.6. The molecule has 2 aromatic carbocycles. The maximum atomic E-state index is 2.41. The van der Waals surface area contributed by atoms with Crippen LogP contribution < -0.4 is 10.4 Å². The van der Waals surface area contributed by atoms with Crippen LogP contribution in [-0.4, -0.2) is 8.80 Å². The van der Waals surface area contributed by atoms with Gasteiger partial charge in [-0.25, -0.2) is 0 Å². The van der Waals surface area contributed by atoms with Crippen molar-refractivity contribution in [3.05, 3.63) is 59.7 Å². The Morgan fingerprint density at radius 2 is 1.18 bits per heavy atom. The van der Waals surface area contributed by atoms with Gasteiger partial charge in [-0.1, -0.05) is 79.3 Å². The molecule has 0 atom stereocenters. The molecule has 0 aromatic heterocycles. The van der Waals surface area contributed by atoms with Crippen molar-refractivity contribution in [3.63, 3.8) is 0 Å². The average Bonchev–Trinajstić information content (AvgIpc) is 2.37. The van der Waals surface area contributed by atoms with E-state index in [1.807, 2.05) is 0 Å². The number of rotatable bonds is 0. The molecular weight excluding hydrogens is 220 g/mol. The van der Waals surface area contributed by atoms with Gasteiger partial charge in [-0.3, -0.25) is 0 Å². The van der Waals surface area contributed by atoms with Crippen molar-refractivity contribution in [1.29, 1.82) is 0 Å². The molecule has 3 rings (SSSR count). The standard InChI is InChI=1S/C16H17Si/c1-16(2)12-8-4-6-10-14(12)17(3)15-11-7-5-9-13(15)16/h4-11H,1-3H3. The van der Waals surface area contributed by atoms with E-state index in [-0.39, 0.29) is 5.41 Å². The highest BCUT2D eigenvalue weighted by Crippen LogP contribution is 2.32. The summed E-state index contributed by atoms with van der Waals surface area (Å²) in [5.74, 6) is 0. The lowest BCUT2D eigenvalue weighted by Gasteiger charge is -2.37. The van der Waals surface area contributed by atoms with Crippen LogP contribution in [0.4, 0.5) is 0 Å². The molecule has 0 nitrogen and oxygen atoms in total. The molecule has 0 fully saturated rings. The lowest BCUT2D eigenvalue weighted by atomic mass is 9.77. The number of fused-ring (bicyclic) bond motifs is 2. The molecule has 0 saturated heterocycles. The van der Waals surface area contributed by atoms with Gasteiger partial charge in [0.2, 0.25) is 0 Å². The number of hydrogen-bond acceptors (Lipinski definition) is 0. The third kappa shape index (κ3) is 1.42. The Hall–Kier alpha value is -1.34. The van der Waals surface area contributed by atoms with E-state index in [1.165, 1.54) is 11.1 Å². The minimum atomic E-state index is -0.577. The van der Waals surface area contributed by atoms with Gasteiger partial charge in [0.1, 0.15) is 8.80 Å². The van der Waals surface area contributed by atoms with Crippen LogP contribution in [0, 0.1) is 0 Å². The van der Waals surface area contributed by atoms with Gasteiger partial charge in [-0.2, -0.15) is 0 Å². The topological polar surface area (TPSA) is 0 Å². The molecule has 17 heavy (non-hydrogen) atoms. The van der Waals surface area contributed by atoms with Crippen molar-refractivity contribution >= 4 is 19.2 Å². The van der Waals surface area contributed by atoms with E-state index in [1.54, 1.807) is 10.4 Å². The zero-order chi connectivity index (χ0) is 12.0. The quantitative estimate of drug-likeness (QED) is 0.618. The molecule has 1 aliphatic rings. The lowest BCUT2D eigenvalue weighted by molar-refractivity contribution is 0.646. The van der Waals surface area contributed by atoms with Gasteiger partial charge in [-0.15, -0.1) is 0 Å². The van der Waals surface area contributed by atoms with E-state index in [2.05, 4.69) is 68.9 Å². The summed E-state index contributed by atoms with van der Waals surface area (Å²) in [4.78, 5) is 0. The Labute approximate surface area is 105 Å². The van der Waals surface area contributed by atoms with E-state index in [0.29, 0.717) is 0 Å². The second-order valence-corrected chi connectivity index (χ2v) is 7.67. The van der Waals surface area contributed by atoms with Crippen molar-refractivity contribution in [2.24, 2.45) is 0 Å². The van der Waals surface area contributed by atoms with Crippen LogP contribution in [-0.2, 0) is 5.41 Å². The summed E-state index contributed by atoms with van der Waals surface area (Å²) in [5, 5.41) is 3.17. The van der Waals surface area contributed by atoms with E-state index in [4.69, 9.17) is 0 Å². The Kier molecular flexibility index (Phi) is 2.27. The molecule has 0 spiro atoms. The third-order valence-electron chi connectivity index (χ3n) is 4.01. The molecule has 2 aromatic rings. The van der Waals surface area contributed by atoms with Gasteiger partial charge in [0.05, 0.1) is 0 Å². The van der Waals surface area contributed by atoms with Gasteiger partial charge in [0, 0.05) is 5.41 Å². The molecular formula is C16H17Si. The molecule has 1 aliphatic heterocycles. The molecule has 0 amide bonds. The fourth-order valence-corrected chi connectivity index (χ4v) is 5.58. The van der Waals surface area contributed by atoms with Crippen LogP contribution in [0.25, 0.3) is 0 Å². The maximum absolute atomic E-state index is 2.41. The summed E-state index contributed by atoms with van der Waals surface area (Å²) < 4.78 is 0. The van der Waals surface area contributed by atoms with E-state index in [9.17, 15) is 0 Å². The summed E-state index contributed by atoms with van der Waals surface area (Å²) in [6.07, 6.45) is 0. The maximum Gasteiger partial charge on any atom is 0.119 e. The molecule has 0 bridgehead atoms. The SMILES string of the molecule is C[Si]1c2ccccc2C(C)(C)c2ccccc21. The van der Waals surface area contributed by atoms with Crippen LogP contribution in [0.3, 0.4) is 0 Å². The summed E-state index contributed by atoms with van der Waals surface area (Å²) in [7, 11) is -0.577. The van der Waals surface area contributed by atoms with E-state index >= 15 is 0 Å². The molecule has 0 aliphatic carbocycles. The summed E-state index contributed by atoms with van der Waals surface area (Å²) in [6.45, 7) is 7.11. The minimum Gasteiger partial charge on any atom is -0.0628 e. The first-order valence-electron chi connectivity index (χ1n) is 6.15. The van der Waals surface area contributed by atoms with Crippen molar-refractivity contribution in [2.75, 3.05) is 0 Å². The smallest absolute Gasteiger partial charge is 0.0628 e. The molecule has 1 radical (unpaired) electrons. The molecule has 0 N–H and O–H groups in total. The van der Waals surface area contributed by atoms with E-state index < -0.39 is 8.80 Å². The Morgan fingerprint density at radius 1 is 0.765 bits per heavy atom. The second-order valence-electron chi connectivity index (χ2n) is 5.34. The van der Waals surface area contributed by atoms with Gasteiger partial charge in [0.15, 0.2) is 0 Å². The Bertz CT molecular complexity index is 520. The second kappa shape index (κ2) is 3.57. The fourth-order valence-electron chi connectivity index (χ4n) is 3.00. The minimum absolute atomic E-state index is 0.150. The predicted octanol–water partition coefficient (Wildman–Crippen LogP) is 2.56. The monoisotopic (exact) mass is 237 g/mol. The highest BCUT2D eigenvalue weighted by Gasteiger charge is 2.35. The van der Waals surface area contributed by atoms with Gasteiger partial charge in [-0.05, 0) is 11.1 Å². The van der Waals surface area contributed by atoms with Gasteiger partial charge >= 0.3 is 0 Å². The van der Waals surface area contributed by atoms with Crippen LogP contribution in [0.5, 0.6) is 0 Å². The Balaban J connectivity index is 2.34. The first-order chi connectivity index (χ1) is 8.12. The largest absolute Gasteiger partial charge is 0.119 e. The van der Waals surface area contributed by atoms with Crippen LogP contribution >= 0.6 is 0 Å². The van der Waals surface area contributed by atoms with Crippen molar-refractivity contribution in [1.82, 2.24) is 0 Å². The first kappa shape index (κ1) is 10.8. The summed E-state index contributed by atoms with van der Waals surface area (Å²) >= 11 is 0. The number of benzene rings is 2. The Morgan fingerprint density at radius 3 is 1.65 bits per heavy atom. The van der Waals surface area contributed by atoms with Crippen molar-refractivity contribution in [2.45, 2.75) is 25.8 Å². The third-order valence-corrected chi connectivity index (χ3v) is 6.50. The molecule has 1 heteroatoms.